The molecule has 4 rings (SSSR count). The lowest BCUT2D eigenvalue weighted by atomic mass is 10.0. The van der Waals surface area contributed by atoms with Crippen LogP contribution in [0.3, 0.4) is 0 Å². The van der Waals surface area contributed by atoms with E-state index in [1.807, 2.05) is 6.07 Å². The Morgan fingerprint density at radius 3 is 2.67 bits per heavy atom. The molecular weight excluding hydrogens is 266 g/mol. The quantitative estimate of drug-likeness (QED) is 0.899. The number of hydrogen-bond acceptors (Lipinski definition) is 3. The normalized spacial score (nSPS) is 19.4. The number of carbonyl (C=O) groups is 1. The van der Waals surface area contributed by atoms with E-state index in [1.54, 1.807) is 18.2 Å². The van der Waals surface area contributed by atoms with Crippen LogP contribution in [0.25, 0.3) is 10.8 Å². The number of nitrogens with one attached hydrogen (secondary N) is 2. The molecule has 0 atom stereocenters. The number of amides is 1. The van der Waals surface area contributed by atoms with Crippen molar-refractivity contribution in [3.05, 3.63) is 40.3 Å². The summed E-state index contributed by atoms with van der Waals surface area (Å²) in [5, 5.41) is 10.5. The number of H-pyrrole nitrogens is 1. The second-order valence-corrected chi connectivity index (χ2v) is 6.27. The molecule has 1 aromatic heterocycles. The van der Waals surface area contributed by atoms with Crippen molar-refractivity contribution in [1.29, 1.82) is 0 Å². The first-order valence-electron chi connectivity index (χ1n) is 7.45. The third-order valence-corrected chi connectivity index (χ3v) is 4.85. The van der Waals surface area contributed by atoms with Gasteiger partial charge in [-0.3, -0.25) is 9.59 Å². The number of benzene rings is 1. The monoisotopic (exact) mass is 283 g/mol. The molecule has 1 aromatic carbocycles. The molecule has 21 heavy (non-hydrogen) atoms. The molecule has 0 radical (unpaired) electrons. The van der Waals surface area contributed by atoms with Gasteiger partial charge in [-0.05, 0) is 43.1 Å². The Morgan fingerprint density at radius 1 is 1.29 bits per heavy atom. The summed E-state index contributed by atoms with van der Waals surface area (Å²) in [7, 11) is 0. The largest absolute Gasteiger partial charge is 0.350 e. The molecule has 2 fully saturated rings. The molecule has 2 aliphatic carbocycles. The molecule has 0 aliphatic heterocycles. The van der Waals surface area contributed by atoms with Crippen LogP contribution in [0.5, 0.6) is 0 Å². The maximum atomic E-state index is 12.4. The Morgan fingerprint density at radius 2 is 2.00 bits per heavy atom. The van der Waals surface area contributed by atoms with Crippen LogP contribution in [-0.2, 0) is 0 Å². The average molecular weight is 283 g/mol. The first kappa shape index (κ1) is 12.6. The summed E-state index contributed by atoms with van der Waals surface area (Å²) in [6, 6.07) is 7.07. The number of carbonyl (C=O) groups excluding carboxylic acids is 1. The van der Waals surface area contributed by atoms with Gasteiger partial charge >= 0.3 is 0 Å². The van der Waals surface area contributed by atoms with Crippen molar-refractivity contribution in [2.24, 2.45) is 11.3 Å². The van der Waals surface area contributed by atoms with Gasteiger partial charge in [-0.15, -0.1) is 0 Å². The average Bonchev–Trinajstić information content (AvgIpc) is 3.38. The third-order valence-electron chi connectivity index (χ3n) is 4.85. The van der Waals surface area contributed by atoms with E-state index >= 15 is 0 Å². The number of fused-ring (bicyclic) bond motifs is 1. The molecule has 1 amide bonds. The van der Waals surface area contributed by atoms with E-state index in [-0.39, 0.29) is 11.5 Å². The van der Waals surface area contributed by atoms with Gasteiger partial charge in [-0.25, -0.2) is 5.10 Å². The Labute approximate surface area is 121 Å². The van der Waals surface area contributed by atoms with Crippen LogP contribution in [0, 0.1) is 11.3 Å². The first-order valence-corrected chi connectivity index (χ1v) is 7.45. The minimum absolute atomic E-state index is 0.200. The molecule has 108 valence electrons. The molecule has 2 aliphatic rings. The smallest absolute Gasteiger partial charge is 0.272 e. The SMILES string of the molecule is O=C(NCC1(C2CC2)CC1)c1n[nH]c(=O)c2ccccc12. The van der Waals surface area contributed by atoms with Crippen molar-refractivity contribution < 1.29 is 4.79 Å². The van der Waals surface area contributed by atoms with E-state index in [0.29, 0.717) is 21.9 Å². The minimum atomic E-state index is -0.265. The first-order chi connectivity index (χ1) is 10.2. The van der Waals surface area contributed by atoms with Gasteiger partial charge in [-0.2, -0.15) is 5.10 Å². The zero-order chi connectivity index (χ0) is 14.4. The van der Waals surface area contributed by atoms with E-state index in [2.05, 4.69) is 15.5 Å². The van der Waals surface area contributed by atoms with Crippen molar-refractivity contribution in [3.8, 4) is 0 Å². The molecule has 2 aromatic rings. The lowest BCUT2D eigenvalue weighted by Gasteiger charge is -2.15. The molecular formula is C16H17N3O2. The molecule has 0 spiro atoms. The van der Waals surface area contributed by atoms with Gasteiger partial charge in [0.2, 0.25) is 0 Å². The van der Waals surface area contributed by atoms with Gasteiger partial charge in [0.15, 0.2) is 5.69 Å². The fourth-order valence-electron chi connectivity index (χ4n) is 3.21. The second-order valence-electron chi connectivity index (χ2n) is 6.27. The fourth-order valence-corrected chi connectivity index (χ4v) is 3.21. The zero-order valence-electron chi connectivity index (χ0n) is 11.7. The van der Waals surface area contributed by atoms with Crippen molar-refractivity contribution in [3.63, 3.8) is 0 Å². The van der Waals surface area contributed by atoms with E-state index in [9.17, 15) is 9.59 Å². The van der Waals surface area contributed by atoms with Gasteiger partial charge < -0.3 is 5.32 Å². The molecule has 0 bridgehead atoms. The highest BCUT2D eigenvalue weighted by molar-refractivity contribution is 6.04. The molecule has 5 nitrogen and oxygen atoms in total. The maximum Gasteiger partial charge on any atom is 0.272 e. The predicted molar refractivity (Wildman–Crippen MR) is 79.1 cm³/mol. The summed E-state index contributed by atoms with van der Waals surface area (Å²) in [6.07, 6.45) is 5.04. The maximum absolute atomic E-state index is 12.4. The molecule has 1 heterocycles. The summed E-state index contributed by atoms with van der Waals surface area (Å²) in [5.74, 6) is 0.604. The van der Waals surface area contributed by atoms with Gasteiger partial charge in [0.25, 0.3) is 11.5 Å². The highest BCUT2D eigenvalue weighted by atomic mass is 16.2. The number of hydrogen-bond donors (Lipinski definition) is 2. The summed E-state index contributed by atoms with van der Waals surface area (Å²) < 4.78 is 0. The van der Waals surface area contributed by atoms with Crippen molar-refractivity contribution in [1.82, 2.24) is 15.5 Å². The van der Waals surface area contributed by atoms with Crippen LogP contribution in [0.4, 0.5) is 0 Å². The van der Waals surface area contributed by atoms with Crippen molar-refractivity contribution >= 4 is 16.7 Å². The van der Waals surface area contributed by atoms with E-state index < -0.39 is 0 Å². The van der Waals surface area contributed by atoms with E-state index in [0.717, 1.165) is 12.5 Å². The highest BCUT2D eigenvalue weighted by Gasteiger charge is 2.53. The standard InChI is InChI=1S/C16H17N3O2/c20-14-12-4-2-1-3-11(12)13(18-19-14)15(21)17-9-16(7-8-16)10-5-6-10/h1-4,10H,5-9H2,(H,17,21)(H,19,20). The third kappa shape index (κ3) is 2.13. The van der Waals surface area contributed by atoms with E-state index in [4.69, 9.17) is 0 Å². The van der Waals surface area contributed by atoms with Crippen LogP contribution in [0.15, 0.2) is 29.1 Å². The number of nitrogens with zero attached hydrogens (tertiary/aromatic N) is 1. The highest BCUT2D eigenvalue weighted by Crippen LogP contribution is 2.60. The van der Waals surface area contributed by atoms with Crippen molar-refractivity contribution in [2.45, 2.75) is 25.7 Å². The lowest BCUT2D eigenvalue weighted by molar-refractivity contribution is 0.0938. The number of rotatable bonds is 4. The molecule has 0 unspecified atom stereocenters. The zero-order valence-corrected chi connectivity index (χ0v) is 11.7. The Bertz CT molecular complexity index is 772. The number of aromatic amines is 1. The molecule has 2 saturated carbocycles. The summed E-state index contributed by atoms with van der Waals surface area (Å²) in [4.78, 5) is 24.1. The predicted octanol–water partition coefficient (Wildman–Crippen LogP) is 1.84. The summed E-state index contributed by atoms with van der Waals surface area (Å²) >= 11 is 0. The van der Waals surface area contributed by atoms with Crippen molar-refractivity contribution in [2.75, 3.05) is 6.54 Å². The van der Waals surface area contributed by atoms with Crippen LogP contribution in [0.2, 0.25) is 0 Å². The van der Waals surface area contributed by atoms with E-state index in [1.165, 1.54) is 25.7 Å². The van der Waals surface area contributed by atoms with Gasteiger partial charge in [0.05, 0.1) is 5.39 Å². The molecule has 2 N–H and O–H groups in total. The van der Waals surface area contributed by atoms with Gasteiger partial charge in [0, 0.05) is 11.9 Å². The summed E-state index contributed by atoms with van der Waals surface area (Å²) in [6.45, 7) is 0.728. The second kappa shape index (κ2) is 4.41. The Balaban J connectivity index is 1.59. The number of aromatic nitrogens is 2. The molecule has 0 saturated heterocycles. The fraction of sp³-hybridized carbons (Fsp3) is 0.438. The van der Waals surface area contributed by atoms with Gasteiger partial charge in [-0.1, -0.05) is 18.2 Å². The van der Waals surface area contributed by atoms with Crippen LogP contribution in [-0.4, -0.2) is 22.6 Å². The van der Waals surface area contributed by atoms with Gasteiger partial charge in [0.1, 0.15) is 0 Å². The molecule has 5 heteroatoms. The minimum Gasteiger partial charge on any atom is -0.350 e. The lowest BCUT2D eigenvalue weighted by Crippen LogP contribution is -2.32. The summed E-state index contributed by atoms with van der Waals surface area (Å²) in [5.41, 5.74) is 0.392. The Kier molecular flexibility index (Phi) is 2.64. The van der Waals surface area contributed by atoms with Crippen LogP contribution < -0.4 is 10.9 Å². The Hall–Kier alpha value is -2.17. The topological polar surface area (TPSA) is 74.8 Å². The van der Waals surface area contributed by atoms with Crippen LogP contribution in [0.1, 0.15) is 36.2 Å². The van der Waals surface area contributed by atoms with Crippen LogP contribution >= 0.6 is 0 Å².